The molecule has 2 atom stereocenters. The van der Waals surface area contributed by atoms with Gasteiger partial charge in [-0.3, -0.25) is 4.79 Å². The third-order valence-corrected chi connectivity index (χ3v) is 7.59. The number of carbonyl (C=O) groups excluding carboxylic acids is 1. The second kappa shape index (κ2) is 7.87. The third kappa shape index (κ3) is 3.70. The zero-order chi connectivity index (χ0) is 20.6. The summed E-state index contributed by atoms with van der Waals surface area (Å²) in [5.74, 6) is 0.658. The number of hydrogen-bond donors (Lipinski definition) is 1. The van der Waals surface area contributed by atoms with Crippen molar-refractivity contribution in [3.05, 3.63) is 29.5 Å². The number of aromatic nitrogens is 1. The number of hydrogen-bond acceptors (Lipinski definition) is 3. The number of nitrogens with one attached hydrogen (secondary N) is 1. The van der Waals surface area contributed by atoms with E-state index in [9.17, 15) is 13.2 Å². The monoisotopic (exact) mass is 405 g/mol. The van der Waals surface area contributed by atoms with Gasteiger partial charge in [-0.15, -0.1) is 0 Å². The molecule has 1 fully saturated rings. The summed E-state index contributed by atoms with van der Waals surface area (Å²) in [6.45, 7) is 12.4. The smallest absolute Gasteiger partial charge is 0.270 e. The van der Waals surface area contributed by atoms with Gasteiger partial charge in [-0.1, -0.05) is 13.8 Å². The topological polar surface area (TPSA) is 73.5 Å². The van der Waals surface area contributed by atoms with Gasteiger partial charge in [0.25, 0.3) is 5.91 Å². The quantitative estimate of drug-likeness (QED) is 0.826. The molecule has 2 heterocycles. The van der Waals surface area contributed by atoms with E-state index < -0.39 is 10.0 Å². The van der Waals surface area contributed by atoms with Crippen LogP contribution in [0.15, 0.2) is 23.1 Å². The Morgan fingerprint density at radius 2 is 1.79 bits per heavy atom. The number of benzene rings is 1. The first-order valence-corrected chi connectivity index (χ1v) is 11.5. The molecule has 0 radical (unpaired) electrons. The van der Waals surface area contributed by atoms with E-state index in [1.807, 2.05) is 20.8 Å². The molecule has 1 aliphatic heterocycles. The van der Waals surface area contributed by atoms with Crippen LogP contribution in [0.25, 0.3) is 10.9 Å². The maximum Gasteiger partial charge on any atom is 0.270 e. The van der Waals surface area contributed by atoms with Gasteiger partial charge in [0.15, 0.2) is 0 Å². The minimum Gasteiger partial charge on any atom is -0.350 e. The van der Waals surface area contributed by atoms with Crippen molar-refractivity contribution in [2.45, 2.75) is 45.9 Å². The van der Waals surface area contributed by atoms with Crippen molar-refractivity contribution in [2.24, 2.45) is 11.8 Å². The molecule has 154 valence electrons. The van der Waals surface area contributed by atoms with E-state index in [1.165, 1.54) is 0 Å². The number of H-pyrrole nitrogens is 1. The van der Waals surface area contributed by atoms with Crippen LogP contribution in [-0.2, 0) is 10.0 Å². The normalized spacial score (nSPS) is 21.2. The van der Waals surface area contributed by atoms with Gasteiger partial charge in [0.1, 0.15) is 5.69 Å². The fourth-order valence-corrected chi connectivity index (χ4v) is 6.01. The Balaban J connectivity index is 2.00. The zero-order valence-electron chi connectivity index (χ0n) is 17.4. The van der Waals surface area contributed by atoms with Crippen LogP contribution < -0.4 is 0 Å². The molecule has 0 aliphatic carbocycles. The highest BCUT2D eigenvalue weighted by molar-refractivity contribution is 7.89. The summed E-state index contributed by atoms with van der Waals surface area (Å²) in [6.07, 6.45) is 1.05. The molecule has 0 spiro atoms. The van der Waals surface area contributed by atoms with Gasteiger partial charge in [-0.2, -0.15) is 4.31 Å². The summed E-state index contributed by atoms with van der Waals surface area (Å²) in [7, 11) is -3.55. The lowest BCUT2D eigenvalue weighted by atomic mass is 9.94. The SMILES string of the molecule is CCN(CC)C(=O)c1[nH]c2ccc(S(=O)(=O)N3CC(C)CC(C)C3)cc2c1C. The van der Waals surface area contributed by atoms with E-state index in [2.05, 4.69) is 18.8 Å². The van der Waals surface area contributed by atoms with Crippen molar-refractivity contribution in [1.82, 2.24) is 14.2 Å². The van der Waals surface area contributed by atoms with Crippen LogP contribution in [0, 0.1) is 18.8 Å². The second-order valence-electron chi connectivity index (χ2n) is 8.08. The number of fused-ring (bicyclic) bond motifs is 1. The van der Waals surface area contributed by atoms with E-state index in [0.717, 1.165) is 22.9 Å². The number of aryl methyl sites for hydroxylation is 1. The van der Waals surface area contributed by atoms with Crippen LogP contribution in [-0.4, -0.2) is 54.7 Å². The first kappa shape index (κ1) is 20.9. The number of aromatic amines is 1. The maximum absolute atomic E-state index is 13.2. The van der Waals surface area contributed by atoms with Gasteiger partial charge in [-0.25, -0.2) is 8.42 Å². The molecule has 1 aliphatic rings. The van der Waals surface area contributed by atoms with Crippen molar-refractivity contribution in [1.29, 1.82) is 0 Å². The molecular formula is C21H31N3O3S. The first-order chi connectivity index (χ1) is 13.2. The minimum atomic E-state index is -3.55. The maximum atomic E-state index is 13.2. The van der Waals surface area contributed by atoms with E-state index in [1.54, 1.807) is 27.4 Å². The summed E-state index contributed by atoms with van der Waals surface area (Å²) in [5, 5.41) is 0.787. The Labute approximate surface area is 168 Å². The molecule has 1 aromatic carbocycles. The summed E-state index contributed by atoms with van der Waals surface area (Å²) in [4.78, 5) is 18.0. The lowest BCUT2D eigenvalue weighted by Crippen LogP contribution is -2.42. The highest BCUT2D eigenvalue weighted by Gasteiger charge is 2.32. The Kier molecular flexibility index (Phi) is 5.87. The predicted octanol–water partition coefficient (Wildman–Crippen LogP) is 3.62. The highest BCUT2D eigenvalue weighted by atomic mass is 32.2. The number of sulfonamides is 1. The van der Waals surface area contributed by atoms with E-state index >= 15 is 0 Å². The Bertz CT molecular complexity index is 966. The van der Waals surface area contributed by atoms with Gasteiger partial charge >= 0.3 is 0 Å². The van der Waals surface area contributed by atoms with Crippen LogP contribution in [0.1, 0.15) is 50.2 Å². The summed E-state index contributed by atoms with van der Waals surface area (Å²) < 4.78 is 28.0. The molecule has 1 saturated heterocycles. The van der Waals surface area contributed by atoms with Crippen LogP contribution in [0.4, 0.5) is 0 Å². The van der Waals surface area contributed by atoms with Crippen molar-refractivity contribution in [2.75, 3.05) is 26.2 Å². The van der Waals surface area contributed by atoms with Gasteiger partial charge in [0.2, 0.25) is 10.0 Å². The Hall–Kier alpha value is -1.86. The average Bonchev–Trinajstić information content (AvgIpc) is 2.98. The first-order valence-electron chi connectivity index (χ1n) is 10.1. The van der Waals surface area contributed by atoms with E-state index in [0.29, 0.717) is 48.6 Å². The molecule has 0 bridgehead atoms. The van der Waals surface area contributed by atoms with Gasteiger partial charge in [0.05, 0.1) is 4.90 Å². The molecule has 3 rings (SSSR count). The number of amides is 1. The molecule has 7 heteroatoms. The van der Waals surface area contributed by atoms with E-state index in [-0.39, 0.29) is 5.91 Å². The molecule has 6 nitrogen and oxygen atoms in total. The summed E-state index contributed by atoms with van der Waals surface area (Å²) in [5.41, 5.74) is 2.12. The van der Waals surface area contributed by atoms with E-state index in [4.69, 9.17) is 0 Å². The zero-order valence-corrected chi connectivity index (χ0v) is 18.3. The molecule has 0 saturated carbocycles. The van der Waals surface area contributed by atoms with Gasteiger partial charge in [-0.05, 0) is 62.8 Å². The van der Waals surface area contributed by atoms with Crippen LogP contribution >= 0.6 is 0 Å². The second-order valence-corrected chi connectivity index (χ2v) is 10.0. The van der Waals surface area contributed by atoms with Gasteiger partial charge < -0.3 is 9.88 Å². The van der Waals surface area contributed by atoms with Crippen LogP contribution in [0.3, 0.4) is 0 Å². The summed E-state index contributed by atoms with van der Waals surface area (Å²) >= 11 is 0. The third-order valence-electron chi connectivity index (χ3n) is 5.77. The fraction of sp³-hybridized carbons (Fsp3) is 0.571. The number of piperidine rings is 1. The summed E-state index contributed by atoms with van der Waals surface area (Å²) in [6, 6.07) is 5.12. The minimum absolute atomic E-state index is 0.0539. The lowest BCUT2D eigenvalue weighted by Gasteiger charge is -2.34. The van der Waals surface area contributed by atoms with Crippen LogP contribution in [0.5, 0.6) is 0 Å². The molecule has 2 aromatic rings. The molecule has 1 N–H and O–H groups in total. The van der Waals surface area contributed by atoms with Gasteiger partial charge in [0, 0.05) is 37.1 Å². The van der Waals surface area contributed by atoms with Crippen molar-refractivity contribution >= 4 is 26.8 Å². The number of nitrogens with zero attached hydrogens (tertiary/aromatic N) is 2. The van der Waals surface area contributed by atoms with Crippen LogP contribution in [0.2, 0.25) is 0 Å². The largest absolute Gasteiger partial charge is 0.350 e. The molecular weight excluding hydrogens is 374 g/mol. The van der Waals surface area contributed by atoms with Crippen molar-refractivity contribution < 1.29 is 13.2 Å². The molecule has 1 aromatic heterocycles. The number of carbonyl (C=O) groups is 1. The molecule has 2 unspecified atom stereocenters. The Morgan fingerprint density at radius 3 is 2.36 bits per heavy atom. The standard InChI is InChI=1S/C21H31N3O3S/c1-6-23(7-2)21(25)20-16(5)18-11-17(8-9-19(18)22-20)28(26,27)24-12-14(3)10-15(4)13-24/h8-9,11,14-15,22H,6-7,10,12-13H2,1-5H3. The molecule has 1 amide bonds. The van der Waals surface area contributed by atoms with Crippen molar-refractivity contribution in [3.63, 3.8) is 0 Å². The lowest BCUT2D eigenvalue weighted by molar-refractivity contribution is 0.0767. The number of rotatable bonds is 5. The fourth-order valence-electron chi connectivity index (χ4n) is 4.30. The highest BCUT2D eigenvalue weighted by Crippen LogP contribution is 2.30. The molecule has 28 heavy (non-hydrogen) atoms. The van der Waals surface area contributed by atoms with Crippen molar-refractivity contribution in [3.8, 4) is 0 Å². The predicted molar refractivity (Wildman–Crippen MR) is 112 cm³/mol. The Morgan fingerprint density at radius 1 is 1.18 bits per heavy atom. The average molecular weight is 406 g/mol.